The van der Waals surface area contributed by atoms with Gasteiger partial charge in [0.2, 0.25) is 0 Å². The number of thiazole rings is 1. The van der Waals surface area contributed by atoms with E-state index >= 15 is 0 Å². The van der Waals surface area contributed by atoms with Gasteiger partial charge in [-0.15, -0.1) is 36.2 Å². The molecule has 1 aromatic heterocycles. The summed E-state index contributed by atoms with van der Waals surface area (Å²) in [5, 5.41) is 2.83. The predicted octanol–water partition coefficient (Wildman–Crippen LogP) is 3.16. The molecule has 1 saturated heterocycles. The number of nitrogens with two attached hydrogens (primary N) is 1. The Kier molecular flexibility index (Phi) is 8.12. The van der Waals surface area contributed by atoms with Crippen molar-refractivity contribution < 1.29 is 0 Å². The van der Waals surface area contributed by atoms with Crippen molar-refractivity contribution in [1.29, 1.82) is 0 Å². The van der Waals surface area contributed by atoms with E-state index in [1.807, 2.05) is 0 Å². The molecule has 2 heterocycles. The summed E-state index contributed by atoms with van der Waals surface area (Å²) in [5.41, 5.74) is 6.88. The van der Waals surface area contributed by atoms with Crippen LogP contribution in [0.4, 0.5) is 5.13 Å². The maximum atomic E-state index is 5.67. The number of rotatable bonds is 3. The molecule has 1 aliphatic heterocycles. The third-order valence-corrected chi connectivity index (χ3v) is 3.70. The maximum Gasteiger partial charge on any atom is 0.180 e. The molecule has 0 aliphatic carbocycles. The Labute approximate surface area is 120 Å². The molecule has 0 radical (unpaired) electrons. The lowest BCUT2D eigenvalue weighted by atomic mass is 9.95. The van der Waals surface area contributed by atoms with Gasteiger partial charge in [0.1, 0.15) is 0 Å². The number of aromatic nitrogens is 1. The number of likely N-dealkylation sites (tertiary alicyclic amines) is 1. The van der Waals surface area contributed by atoms with Crippen LogP contribution in [0.3, 0.4) is 0 Å². The Balaban J connectivity index is 0.00000128. The Hall–Kier alpha value is -0.0300. The van der Waals surface area contributed by atoms with E-state index in [9.17, 15) is 0 Å². The first-order valence-corrected chi connectivity index (χ1v) is 6.61. The lowest BCUT2D eigenvalue weighted by molar-refractivity contribution is 0.207. The van der Waals surface area contributed by atoms with E-state index in [0.29, 0.717) is 11.0 Å². The van der Waals surface area contributed by atoms with Gasteiger partial charge in [-0.1, -0.05) is 6.92 Å². The number of nitrogens with zero attached hydrogens (tertiary/aromatic N) is 2. The van der Waals surface area contributed by atoms with E-state index in [0.717, 1.165) is 6.54 Å². The van der Waals surface area contributed by atoms with Crippen molar-refractivity contribution in [3.05, 3.63) is 11.1 Å². The van der Waals surface area contributed by atoms with Crippen LogP contribution in [-0.4, -0.2) is 29.5 Å². The minimum Gasteiger partial charge on any atom is -0.375 e. The first kappa shape index (κ1) is 17.0. The summed E-state index contributed by atoms with van der Waals surface area (Å²) in [6.07, 6.45) is 3.80. The summed E-state index contributed by atoms with van der Waals surface area (Å²) in [7, 11) is 0. The predicted molar refractivity (Wildman–Crippen MR) is 79.7 cm³/mol. The zero-order chi connectivity index (χ0) is 10.7. The van der Waals surface area contributed by atoms with Crippen LogP contribution in [0.25, 0.3) is 0 Å². The van der Waals surface area contributed by atoms with Gasteiger partial charge in [0.25, 0.3) is 0 Å². The highest BCUT2D eigenvalue weighted by atomic mass is 35.5. The molecule has 6 heteroatoms. The molecule has 2 rings (SSSR count). The van der Waals surface area contributed by atoms with Gasteiger partial charge in [0.05, 0.1) is 5.69 Å². The zero-order valence-corrected chi connectivity index (χ0v) is 12.5. The lowest BCUT2D eigenvalue weighted by Crippen LogP contribution is -2.34. The summed E-state index contributed by atoms with van der Waals surface area (Å²) in [5.74, 6) is 0.610. The highest BCUT2D eigenvalue weighted by molar-refractivity contribution is 7.13. The van der Waals surface area contributed by atoms with E-state index in [1.165, 1.54) is 38.0 Å². The van der Waals surface area contributed by atoms with Crippen LogP contribution < -0.4 is 5.73 Å². The number of piperidine rings is 1. The van der Waals surface area contributed by atoms with Crippen LogP contribution in [0, 0.1) is 0 Å². The average molecular weight is 298 g/mol. The number of hydrogen-bond donors (Lipinski definition) is 1. The lowest BCUT2D eigenvalue weighted by Gasteiger charge is -2.31. The SMILES string of the molecule is CCCN1CCCC(c2csc(N)n2)C1.Cl.Cl. The summed E-state index contributed by atoms with van der Waals surface area (Å²) in [6, 6.07) is 0. The van der Waals surface area contributed by atoms with Crippen molar-refractivity contribution in [2.24, 2.45) is 0 Å². The van der Waals surface area contributed by atoms with Crippen molar-refractivity contribution >= 4 is 41.3 Å². The number of halogens is 2. The second-order valence-electron chi connectivity index (χ2n) is 4.25. The van der Waals surface area contributed by atoms with Crippen molar-refractivity contribution in [3.63, 3.8) is 0 Å². The second-order valence-corrected chi connectivity index (χ2v) is 5.14. The molecule has 2 N–H and O–H groups in total. The van der Waals surface area contributed by atoms with E-state index in [4.69, 9.17) is 5.73 Å². The Morgan fingerprint density at radius 2 is 2.29 bits per heavy atom. The second kappa shape index (κ2) is 8.14. The third-order valence-electron chi connectivity index (χ3n) is 3.00. The summed E-state index contributed by atoms with van der Waals surface area (Å²) in [4.78, 5) is 6.94. The average Bonchev–Trinajstić information content (AvgIpc) is 2.66. The smallest absolute Gasteiger partial charge is 0.180 e. The highest BCUT2D eigenvalue weighted by Gasteiger charge is 2.22. The first-order valence-electron chi connectivity index (χ1n) is 5.73. The fourth-order valence-corrected chi connectivity index (χ4v) is 2.95. The molecule has 0 amide bonds. The van der Waals surface area contributed by atoms with E-state index in [2.05, 4.69) is 22.2 Å². The molecular weight excluding hydrogens is 277 g/mol. The van der Waals surface area contributed by atoms with Crippen LogP contribution >= 0.6 is 36.2 Å². The summed E-state index contributed by atoms with van der Waals surface area (Å²) >= 11 is 1.56. The molecule has 1 aliphatic rings. The van der Waals surface area contributed by atoms with Gasteiger partial charge in [0.15, 0.2) is 5.13 Å². The van der Waals surface area contributed by atoms with Crippen LogP contribution in [-0.2, 0) is 0 Å². The molecule has 17 heavy (non-hydrogen) atoms. The van der Waals surface area contributed by atoms with E-state index < -0.39 is 0 Å². The van der Waals surface area contributed by atoms with Gasteiger partial charge in [-0.3, -0.25) is 0 Å². The molecule has 1 atom stereocenters. The molecule has 0 aromatic carbocycles. The first-order chi connectivity index (χ1) is 7.29. The van der Waals surface area contributed by atoms with Gasteiger partial charge >= 0.3 is 0 Å². The van der Waals surface area contributed by atoms with Gasteiger partial charge in [0, 0.05) is 17.8 Å². The van der Waals surface area contributed by atoms with Crippen molar-refractivity contribution in [1.82, 2.24) is 9.88 Å². The van der Waals surface area contributed by atoms with Gasteiger partial charge < -0.3 is 10.6 Å². The largest absolute Gasteiger partial charge is 0.375 e. The quantitative estimate of drug-likeness (QED) is 0.932. The Morgan fingerprint density at radius 3 is 2.88 bits per heavy atom. The minimum atomic E-state index is 0. The number of hydrogen-bond acceptors (Lipinski definition) is 4. The fraction of sp³-hybridized carbons (Fsp3) is 0.727. The summed E-state index contributed by atoms with van der Waals surface area (Å²) < 4.78 is 0. The van der Waals surface area contributed by atoms with E-state index in [-0.39, 0.29) is 24.8 Å². The summed E-state index contributed by atoms with van der Waals surface area (Å²) in [6.45, 7) is 5.88. The molecule has 0 spiro atoms. The van der Waals surface area contributed by atoms with Crippen molar-refractivity contribution in [3.8, 4) is 0 Å². The fourth-order valence-electron chi connectivity index (χ4n) is 2.30. The third kappa shape index (κ3) is 4.62. The number of nitrogen functional groups attached to an aromatic ring is 1. The van der Waals surface area contributed by atoms with Gasteiger partial charge in [-0.2, -0.15) is 0 Å². The molecule has 100 valence electrons. The molecule has 1 fully saturated rings. The molecule has 0 saturated carbocycles. The van der Waals surface area contributed by atoms with E-state index in [1.54, 1.807) is 11.3 Å². The van der Waals surface area contributed by atoms with Crippen LogP contribution in [0.1, 0.15) is 37.8 Å². The highest BCUT2D eigenvalue weighted by Crippen LogP contribution is 2.28. The van der Waals surface area contributed by atoms with Crippen LogP contribution in [0.5, 0.6) is 0 Å². The molecule has 1 unspecified atom stereocenters. The number of anilines is 1. The van der Waals surface area contributed by atoms with Crippen LogP contribution in [0.2, 0.25) is 0 Å². The monoisotopic (exact) mass is 297 g/mol. The maximum absolute atomic E-state index is 5.67. The Bertz CT molecular complexity index is 317. The standard InChI is InChI=1S/C11H19N3S.2ClH/c1-2-5-14-6-3-4-9(7-14)10-8-15-11(12)13-10;;/h8-9H,2-7H2,1H3,(H2,12,13);2*1H. The van der Waals surface area contributed by atoms with Gasteiger partial charge in [-0.05, 0) is 32.4 Å². The topological polar surface area (TPSA) is 42.1 Å². The molecule has 0 bridgehead atoms. The minimum absolute atomic E-state index is 0. The zero-order valence-electron chi connectivity index (χ0n) is 10.1. The molecule has 1 aromatic rings. The normalized spacial score (nSPS) is 20.4. The molecule has 3 nitrogen and oxygen atoms in total. The van der Waals surface area contributed by atoms with Crippen molar-refractivity contribution in [2.75, 3.05) is 25.4 Å². The van der Waals surface area contributed by atoms with Crippen molar-refractivity contribution in [2.45, 2.75) is 32.1 Å². The molecular formula is C11H21Cl2N3S. The van der Waals surface area contributed by atoms with Gasteiger partial charge in [-0.25, -0.2) is 4.98 Å². The Morgan fingerprint density at radius 1 is 1.53 bits per heavy atom. The van der Waals surface area contributed by atoms with Crippen LogP contribution in [0.15, 0.2) is 5.38 Å².